The highest BCUT2D eigenvalue weighted by molar-refractivity contribution is 6.01. The van der Waals surface area contributed by atoms with Crippen molar-refractivity contribution >= 4 is 50.5 Å². The van der Waals surface area contributed by atoms with E-state index in [4.69, 9.17) is 0 Å². The minimum absolute atomic E-state index is 0.855. The van der Waals surface area contributed by atoms with Crippen LogP contribution in [0.5, 0.6) is 0 Å². The van der Waals surface area contributed by atoms with Gasteiger partial charge in [-0.3, -0.25) is 0 Å². The number of anilines is 6. The highest BCUT2D eigenvalue weighted by atomic mass is 15.2. The summed E-state index contributed by atoms with van der Waals surface area (Å²) in [6, 6.07) is 77.7. The molecule has 0 saturated carbocycles. The van der Waals surface area contributed by atoms with Gasteiger partial charge in [-0.05, 0) is 141 Å². The van der Waals surface area contributed by atoms with Crippen LogP contribution >= 0.6 is 0 Å². The topological polar surface area (TPSA) is 6.48 Å². The Labute approximate surface area is 358 Å². The number of benzene rings is 9. The van der Waals surface area contributed by atoms with E-state index in [2.05, 4.69) is 240 Å². The number of nitrogens with zero attached hydrogens (tertiary/aromatic N) is 2. The van der Waals surface area contributed by atoms with Crippen LogP contribution in [0.3, 0.4) is 0 Å². The molecule has 0 bridgehead atoms. The summed E-state index contributed by atoms with van der Waals surface area (Å²) < 4.78 is 0. The molecule has 0 amide bonds. The molecule has 1 heterocycles. The van der Waals surface area contributed by atoms with Gasteiger partial charge in [-0.15, -0.1) is 0 Å². The third kappa shape index (κ3) is 7.03. The van der Waals surface area contributed by atoms with Gasteiger partial charge in [0.1, 0.15) is 0 Å². The van der Waals surface area contributed by atoms with Crippen molar-refractivity contribution in [1.29, 1.82) is 0 Å². The summed E-state index contributed by atoms with van der Waals surface area (Å²) in [6.45, 7) is 0. The van der Waals surface area contributed by atoms with Gasteiger partial charge in [-0.2, -0.15) is 0 Å². The number of allylic oxidation sites excluding steroid dienone is 4. The first kappa shape index (κ1) is 36.4. The molecule has 0 spiro atoms. The maximum Gasteiger partial charge on any atom is 0.0540 e. The summed E-state index contributed by atoms with van der Waals surface area (Å²) in [5.74, 6) is 0. The second-order valence-electron chi connectivity index (χ2n) is 16.0. The minimum atomic E-state index is 0.855. The first-order valence-corrected chi connectivity index (χ1v) is 21.4. The van der Waals surface area contributed by atoms with E-state index in [1.54, 1.807) is 0 Å². The fourth-order valence-electron chi connectivity index (χ4n) is 9.19. The van der Waals surface area contributed by atoms with Crippen LogP contribution in [0.15, 0.2) is 231 Å². The van der Waals surface area contributed by atoms with Crippen LogP contribution in [0.1, 0.15) is 29.5 Å². The second kappa shape index (κ2) is 15.8. The molecular formula is C59H44N2. The van der Waals surface area contributed by atoms with E-state index in [9.17, 15) is 0 Å². The van der Waals surface area contributed by atoms with Crippen LogP contribution in [0.2, 0.25) is 0 Å². The van der Waals surface area contributed by atoms with Crippen molar-refractivity contribution in [3.05, 3.63) is 247 Å². The zero-order chi connectivity index (χ0) is 40.5. The minimum Gasteiger partial charge on any atom is -0.311 e. The lowest BCUT2D eigenvalue weighted by atomic mass is 9.89. The highest BCUT2D eigenvalue weighted by Crippen LogP contribution is 2.48. The molecule has 0 N–H and O–H groups in total. The molecule has 0 saturated heterocycles. The first-order valence-electron chi connectivity index (χ1n) is 21.4. The lowest BCUT2D eigenvalue weighted by Crippen LogP contribution is -2.19. The molecule has 1 aliphatic heterocycles. The van der Waals surface area contributed by atoms with E-state index in [0.717, 1.165) is 36.3 Å². The summed E-state index contributed by atoms with van der Waals surface area (Å²) in [6.07, 6.45) is 9.93. The third-order valence-electron chi connectivity index (χ3n) is 12.3. The lowest BCUT2D eigenvalue weighted by Gasteiger charge is -2.35. The zero-order valence-electron chi connectivity index (χ0n) is 34.0. The fraction of sp³-hybridized carbons (Fsp3) is 0.0508. The van der Waals surface area contributed by atoms with Gasteiger partial charge in [-0.1, -0.05) is 164 Å². The highest BCUT2D eigenvalue weighted by Gasteiger charge is 2.26. The Morgan fingerprint density at radius 1 is 0.361 bits per heavy atom. The van der Waals surface area contributed by atoms with Gasteiger partial charge < -0.3 is 9.80 Å². The van der Waals surface area contributed by atoms with Gasteiger partial charge in [0.2, 0.25) is 0 Å². The zero-order valence-corrected chi connectivity index (χ0v) is 34.0. The van der Waals surface area contributed by atoms with E-state index in [1.165, 1.54) is 83.5 Å². The number of hydrogen-bond acceptors (Lipinski definition) is 2. The van der Waals surface area contributed by atoms with E-state index < -0.39 is 0 Å². The number of rotatable bonds is 8. The molecule has 9 aromatic rings. The maximum atomic E-state index is 2.48. The van der Waals surface area contributed by atoms with E-state index in [1.807, 2.05) is 0 Å². The molecule has 0 unspecified atom stereocenters. The van der Waals surface area contributed by atoms with Crippen LogP contribution in [0.25, 0.3) is 49.7 Å². The Hall–Kier alpha value is -7.68. The maximum absolute atomic E-state index is 2.48. The van der Waals surface area contributed by atoms with Crippen molar-refractivity contribution < 1.29 is 0 Å². The summed E-state index contributed by atoms with van der Waals surface area (Å²) in [4.78, 5) is 4.84. The second-order valence-corrected chi connectivity index (χ2v) is 16.0. The van der Waals surface area contributed by atoms with E-state index >= 15 is 0 Å². The molecular weight excluding hydrogens is 737 g/mol. The molecule has 2 heteroatoms. The predicted octanol–water partition coefficient (Wildman–Crippen LogP) is 16.4. The first-order chi connectivity index (χ1) is 30.2. The quantitative estimate of drug-likeness (QED) is 0.152. The molecule has 0 fully saturated rings. The van der Waals surface area contributed by atoms with E-state index in [-0.39, 0.29) is 0 Å². The Kier molecular flexibility index (Phi) is 9.44. The normalized spacial score (nSPS) is 13.0. The predicted molar refractivity (Wildman–Crippen MR) is 259 cm³/mol. The van der Waals surface area contributed by atoms with Gasteiger partial charge in [0.15, 0.2) is 0 Å². The molecule has 9 aromatic carbocycles. The monoisotopic (exact) mass is 780 g/mol. The molecule has 290 valence electrons. The van der Waals surface area contributed by atoms with Crippen molar-refractivity contribution in [2.45, 2.75) is 19.3 Å². The van der Waals surface area contributed by atoms with Crippen LogP contribution in [-0.2, 0) is 6.42 Å². The largest absolute Gasteiger partial charge is 0.311 e. The Morgan fingerprint density at radius 2 is 0.836 bits per heavy atom. The SMILES string of the molecule is C1=CC(c2ccc(N(c3ccc(-c4ccccc4)cc3)c3ccc(-c4ccc5c(c4)Cc4cc(-c6ccccc6)ccc4N5c4cccc5ccccc45)cc3)cc2)=CCC1. The van der Waals surface area contributed by atoms with Crippen LogP contribution in [-0.4, -0.2) is 0 Å². The average molecular weight is 781 g/mol. The molecule has 11 rings (SSSR count). The average Bonchev–Trinajstić information content (AvgIpc) is 3.34. The van der Waals surface area contributed by atoms with Crippen LogP contribution < -0.4 is 9.80 Å². The van der Waals surface area contributed by atoms with Gasteiger partial charge in [0.25, 0.3) is 0 Å². The standard InChI is InChI=1S/C59H44N2/c1-4-13-42(14-5-1)45-23-31-53(32-24-45)60(54-33-25-46(26-34-54)43-15-6-2-7-16-43)55-35-27-47(28-36-55)50-30-38-58-52(40-50)41-51-39-49(44-17-8-3-9-18-44)29-37-57(51)61(58)59-22-12-20-48-19-10-11-21-56(48)59/h1,3-6,8-40H,2,7,41H2. The van der Waals surface area contributed by atoms with Gasteiger partial charge >= 0.3 is 0 Å². The molecule has 0 aromatic heterocycles. The van der Waals surface area contributed by atoms with Crippen molar-refractivity contribution in [3.8, 4) is 33.4 Å². The van der Waals surface area contributed by atoms with E-state index in [0.29, 0.717) is 0 Å². The summed E-state index contributed by atoms with van der Waals surface area (Å²) >= 11 is 0. The van der Waals surface area contributed by atoms with Crippen LogP contribution in [0, 0.1) is 0 Å². The summed E-state index contributed by atoms with van der Waals surface area (Å²) in [5.41, 5.74) is 19.5. The van der Waals surface area contributed by atoms with Crippen molar-refractivity contribution in [1.82, 2.24) is 0 Å². The van der Waals surface area contributed by atoms with Crippen molar-refractivity contribution in [3.63, 3.8) is 0 Å². The lowest BCUT2D eigenvalue weighted by molar-refractivity contribution is 1.04. The van der Waals surface area contributed by atoms with Gasteiger partial charge in [-0.25, -0.2) is 0 Å². The van der Waals surface area contributed by atoms with Crippen molar-refractivity contribution in [2.75, 3.05) is 9.80 Å². The molecule has 0 atom stereocenters. The van der Waals surface area contributed by atoms with Crippen molar-refractivity contribution in [2.24, 2.45) is 0 Å². The molecule has 61 heavy (non-hydrogen) atoms. The smallest absolute Gasteiger partial charge is 0.0540 e. The molecule has 1 aliphatic carbocycles. The molecule has 2 nitrogen and oxygen atoms in total. The Morgan fingerprint density at radius 3 is 1.41 bits per heavy atom. The fourth-order valence-corrected chi connectivity index (χ4v) is 9.19. The Bertz CT molecular complexity index is 3060. The van der Waals surface area contributed by atoms with Gasteiger partial charge in [0.05, 0.1) is 5.69 Å². The number of hydrogen-bond donors (Lipinski definition) is 0. The van der Waals surface area contributed by atoms with Gasteiger partial charge in [0, 0.05) is 40.2 Å². The molecule has 0 radical (unpaired) electrons. The third-order valence-corrected chi connectivity index (χ3v) is 12.3. The number of fused-ring (bicyclic) bond motifs is 3. The Balaban J connectivity index is 0.968. The molecule has 2 aliphatic rings. The van der Waals surface area contributed by atoms with Crippen LogP contribution in [0.4, 0.5) is 34.1 Å². The summed E-state index contributed by atoms with van der Waals surface area (Å²) in [5, 5.41) is 2.48. The summed E-state index contributed by atoms with van der Waals surface area (Å²) in [7, 11) is 0.